The van der Waals surface area contributed by atoms with Crippen LogP contribution in [0, 0.1) is 10.1 Å². The maximum atomic E-state index is 12.6. The predicted molar refractivity (Wildman–Crippen MR) is 87.5 cm³/mol. The van der Waals surface area contributed by atoms with Gasteiger partial charge in [0.1, 0.15) is 0 Å². The summed E-state index contributed by atoms with van der Waals surface area (Å²) in [6, 6.07) is 10.9. The largest absolute Gasteiger partial charge is 0.490 e. The second kappa shape index (κ2) is 6.21. The number of ether oxygens (including phenoxy) is 1. The molecule has 2 aromatic carbocycles. The molecule has 0 aromatic heterocycles. The highest BCUT2D eigenvalue weighted by molar-refractivity contribution is 7.89. The number of benzene rings is 2. The highest BCUT2D eigenvalue weighted by Gasteiger charge is 2.28. The van der Waals surface area contributed by atoms with Crippen LogP contribution >= 0.6 is 0 Å². The average molecular weight is 348 g/mol. The lowest BCUT2D eigenvalue weighted by Crippen LogP contribution is -2.27. The Morgan fingerprint density at radius 3 is 2.71 bits per heavy atom. The number of nitro benzene ring substituents is 1. The zero-order valence-corrected chi connectivity index (χ0v) is 13.7. The Bertz CT molecular complexity index is 895. The topological polar surface area (TPSA) is 98.5 Å². The molecule has 1 N–H and O–H groups in total. The van der Waals surface area contributed by atoms with E-state index in [0.717, 1.165) is 23.6 Å². The van der Waals surface area contributed by atoms with Crippen LogP contribution in [0.1, 0.15) is 23.6 Å². The predicted octanol–water partition coefficient (Wildman–Crippen LogP) is 2.57. The Balaban J connectivity index is 1.92. The minimum atomic E-state index is -3.88. The van der Waals surface area contributed by atoms with Crippen LogP contribution in [-0.2, 0) is 16.4 Å². The standard InChI is InChI=1S/C16H16N2O5S/c1-23-16-9-7-12(10-15(16)18(19)20)24(21,22)17-14-8-6-11-4-2-3-5-13(11)14/h2-5,7,9-10,14,17H,6,8H2,1H3. The molecule has 2 aromatic rings. The number of nitrogens with one attached hydrogen (secondary N) is 1. The average Bonchev–Trinajstić information content (AvgIpc) is 2.96. The molecule has 0 bridgehead atoms. The summed E-state index contributed by atoms with van der Waals surface area (Å²) in [6.45, 7) is 0. The Labute approximate surface area is 139 Å². The van der Waals surface area contributed by atoms with Gasteiger partial charge in [0.05, 0.1) is 16.9 Å². The quantitative estimate of drug-likeness (QED) is 0.661. The van der Waals surface area contributed by atoms with Gasteiger partial charge in [-0.25, -0.2) is 13.1 Å². The Morgan fingerprint density at radius 1 is 1.25 bits per heavy atom. The molecular formula is C16H16N2O5S. The van der Waals surface area contributed by atoms with Crippen LogP contribution in [0.4, 0.5) is 5.69 Å². The van der Waals surface area contributed by atoms with Crippen molar-refractivity contribution in [2.45, 2.75) is 23.8 Å². The van der Waals surface area contributed by atoms with Gasteiger partial charge in [0.2, 0.25) is 10.0 Å². The van der Waals surface area contributed by atoms with E-state index in [9.17, 15) is 18.5 Å². The van der Waals surface area contributed by atoms with Crippen LogP contribution in [0.15, 0.2) is 47.4 Å². The van der Waals surface area contributed by atoms with Crippen molar-refractivity contribution < 1.29 is 18.1 Å². The number of fused-ring (bicyclic) bond motifs is 1. The van der Waals surface area contributed by atoms with Crippen molar-refractivity contribution in [1.29, 1.82) is 0 Å². The first-order chi connectivity index (χ1) is 11.4. The number of nitrogens with zero attached hydrogens (tertiary/aromatic N) is 1. The number of rotatable bonds is 5. The molecule has 8 heteroatoms. The molecule has 1 unspecified atom stereocenters. The number of aryl methyl sites for hydroxylation is 1. The molecule has 0 fully saturated rings. The number of sulfonamides is 1. The van der Waals surface area contributed by atoms with E-state index >= 15 is 0 Å². The van der Waals surface area contributed by atoms with E-state index in [1.807, 2.05) is 24.3 Å². The first kappa shape index (κ1) is 16.4. The number of hydrogen-bond acceptors (Lipinski definition) is 5. The Hall–Kier alpha value is -2.45. The molecule has 1 aliphatic rings. The van der Waals surface area contributed by atoms with Crippen molar-refractivity contribution in [3.63, 3.8) is 0 Å². The molecule has 0 radical (unpaired) electrons. The van der Waals surface area contributed by atoms with Gasteiger partial charge in [0.15, 0.2) is 5.75 Å². The molecule has 0 amide bonds. The number of hydrogen-bond donors (Lipinski definition) is 1. The number of methoxy groups -OCH3 is 1. The molecule has 126 valence electrons. The van der Waals surface area contributed by atoms with E-state index < -0.39 is 14.9 Å². The van der Waals surface area contributed by atoms with E-state index in [4.69, 9.17) is 4.74 Å². The highest BCUT2D eigenvalue weighted by atomic mass is 32.2. The van der Waals surface area contributed by atoms with Crippen LogP contribution in [-0.4, -0.2) is 20.5 Å². The van der Waals surface area contributed by atoms with Crippen molar-refractivity contribution in [1.82, 2.24) is 4.72 Å². The van der Waals surface area contributed by atoms with Crippen LogP contribution in [0.3, 0.4) is 0 Å². The fourth-order valence-corrected chi connectivity index (χ4v) is 4.18. The summed E-state index contributed by atoms with van der Waals surface area (Å²) in [5.74, 6) is 0.0187. The summed E-state index contributed by atoms with van der Waals surface area (Å²) < 4.78 is 32.7. The highest BCUT2D eigenvalue weighted by Crippen LogP contribution is 2.33. The summed E-state index contributed by atoms with van der Waals surface area (Å²) in [6.07, 6.45) is 1.46. The maximum Gasteiger partial charge on any atom is 0.312 e. The van der Waals surface area contributed by atoms with Gasteiger partial charge in [-0.2, -0.15) is 0 Å². The summed E-state index contributed by atoms with van der Waals surface area (Å²) in [5.41, 5.74) is 1.68. The van der Waals surface area contributed by atoms with Gasteiger partial charge < -0.3 is 4.74 Å². The zero-order valence-electron chi connectivity index (χ0n) is 12.9. The molecule has 0 aliphatic heterocycles. The van der Waals surface area contributed by atoms with E-state index in [2.05, 4.69) is 4.72 Å². The second-order valence-electron chi connectivity index (χ2n) is 5.50. The molecule has 0 heterocycles. The third-order valence-electron chi connectivity index (χ3n) is 4.09. The third-order valence-corrected chi connectivity index (χ3v) is 5.56. The Morgan fingerprint density at radius 2 is 2.00 bits per heavy atom. The van der Waals surface area contributed by atoms with Crippen molar-refractivity contribution in [2.75, 3.05) is 7.11 Å². The fourth-order valence-electron chi connectivity index (χ4n) is 2.91. The molecule has 7 nitrogen and oxygen atoms in total. The van der Waals surface area contributed by atoms with Gasteiger partial charge in [0, 0.05) is 12.1 Å². The smallest absolute Gasteiger partial charge is 0.312 e. The second-order valence-corrected chi connectivity index (χ2v) is 7.22. The van der Waals surface area contributed by atoms with Gasteiger partial charge in [-0.15, -0.1) is 0 Å². The molecule has 24 heavy (non-hydrogen) atoms. The van der Waals surface area contributed by atoms with Gasteiger partial charge in [-0.1, -0.05) is 24.3 Å². The maximum absolute atomic E-state index is 12.6. The minimum Gasteiger partial charge on any atom is -0.490 e. The van der Waals surface area contributed by atoms with Crippen molar-refractivity contribution in [2.24, 2.45) is 0 Å². The fraction of sp³-hybridized carbons (Fsp3) is 0.250. The molecule has 0 saturated heterocycles. The van der Waals surface area contributed by atoms with Crippen molar-refractivity contribution in [3.8, 4) is 5.75 Å². The van der Waals surface area contributed by atoms with Crippen LogP contribution < -0.4 is 9.46 Å². The van der Waals surface area contributed by atoms with Crippen LogP contribution in [0.2, 0.25) is 0 Å². The van der Waals surface area contributed by atoms with Gasteiger partial charge in [-0.05, 0) is 36.1 Å². The first-order valence-corrected chi connectivity index (χ1v) is 8.83. The lowest BCUT2D eigenvalue weighted by atomic mass is 10.1. The zero-order chi connectivity index (χ0) is 17.3. The lowest BCUT2D eigenvalue weighted by Gasteiger charge is -2.14. The van der Waals surface area contributed by atoms with Gasteiger partial charge >= 0.3 is 5.69 Å². The normalized spacial score (nSPS) is 16.6. The minimum absolute atomic E-state index is 0.0187. The Kier molecular flexibility index (Phi) is 4.25. The van der Waals surface area contributed by atoms with Gasteiger partial charge in [0.25, 0.3) is 0 Å². The molecule has 0 spiro atoms. The molecule has 0 saturated carbocycles. The third kappa shape index (κ3) is 2.98. The lowest BCUT2D eigenvalue weighted by molar-refractivity contribution is -0.386. The summed E-state index contributed by atoms with van der Waals surface area (Å²) in [4.78, 5) is 10.3. The van der Waals surface area contributed by atoms with Crippen molar-refractivity contribution >= 4 is 15.7 Å². The molecule has 3 rings (SSSR count). The first-order valence-electron chi connectivity index (χ1n) is 7.35. The SMILES string of the molecule is COc1ccc(S(=O)(=O)NC2CCc3ccccc32)cc1[N+](=O)[O-]. The monoisotopic (exact) mass is 348 g/mol. The summed E-state index contributed by atoms with van der Waals surface area (Å²) in [5, 5.41) is 11.1. The summed E-state index contributed by atoms with van der Waals surface area (Å²) >= 11 is 0. The molecule has 1 atom stereocenters. The van der Waals surface area contributed by atoms with E-state index in [1.54, 1.807) is 0 Å². The molecular weight excluding hydrogens is 332 g/mol. The number of nitro groups is 1. The van der Waals surface area contributed by atoms with E-state index in [1.165, 1.54) is 19.2 Å². The summed E-state index contributed by atoms with van der Waals surface area (Å²) in [7, 11) is -2.58. The van der Waals surface area contributed by atoms with Crippen molar-refractivity contribution in [3.05, 3.63) is 63.7 Å². The van der Waals surface area contributed by atoms with Crippen LogP contribution in [0.25, 0.3) is 0 Å². The molecule has 1 aliphatic carbocycles. The van der Waals surface area contributed by atoms with Gasteiger partial charge in [-0.3, -0.25) is 10.1 Å². The van der Waals surface area contributed by atoms with E-state index in [-0.39, 0.29) is 22.4 Å². The van der Waals surface area contributed by atoms with E-state index in [0.29, 0.717) is 6.42 Å². The van der Waals surface area contributed by atoms with Crippen LogP contribution in [0.5, 0.6) is 5.75 Å².